The summed E-state index contributed by atoms with van der Waals surface area (Å²) < 4.78 is 0. The Morgan fingerprint density at radius 2 is 1.88 bits per heavy atom. The summed E-state index contributed by atoms with van der Waals surface area (Å²) in [5, 5.41) is 12.9. The lowest BCUT2D eigenvalue weighted by Gasteiger charge is -2.29. The van der Waals surface area contributed by atoms with Crippen molar-refractivity contribution in [2.24, 2.45) is 5.92 Å². The van der Waals surface area contributed by atoms with Crippen LogP contribution in [0.5, 0.6) is 0 Å². The van der Waals surface area contributed by atoms with Crippen molar-refractivity contribution in [3.63, 3.8) is 0 Å². The van der Waals surface area contributed by atoms with Gasteiger partial charge in [-0.05, 0) is 45.2 Å². The average molecular weight is 228 g/mol. The van der Waals surface area contributed by atoms with Crippen LogP contribution in [0, 0.1) is 5.92 Å². The average Bonchev–Trinajstić information content (AvgIpc) is 2.26. The first-order chi connectivity index (χ1) is 7.59. The van der Waals surface area contributed by atoms with Crippen LogP contribution in [0.4, 0.5) is 0 Å². The molecule has 1 heterocycles. The van der Waals surface area contributed by atoms with Gasteiger partial charge in [-0.1, -0.05) is 13.8 Å². The molecule has 16 heavy (non-hydrogen) atoms. The van der Waals surface area contributed by atoms with Gasteiger partial charge in [-0.25, -0.2) is 0 Å². The molecule has 1 aliphatic heterocycles. The van der Waals surface area contributed by atoms with Crippen LogP contribution in [-0.2, 0) is 0 Å². The number of aliphatic hydroxyl groups excluding tert-OH is 1. The maximum atomic E-state index is 9.39. The van der Waals surface area contributed by atoms with Gasteiger partial charge in [0.05, 0.1) is 6.10 Å². The highest BCUT2D eigenvalue weighted by Gasteiger charge is 2.16. The highest BCUT2D eigenvalue weighted by Crippen LogP contribution is 2.09. The predicted molar refractivity (Wildman–Crippen MR) is 68.6 cm³/mol. The Hall–Kier alpha value is -0.120. The van der Waals surface area contributed by atoms with Gasteiger partial charge in [0.25, 0.3) is 0 Å². The number of aliphatic hydroxyl groups is 1. The Labute approximate surface area is 100 Å². The molecule has 1 atom stereocenters. The summed E-state index contributed by atoms with van der Waals surface area (Å²) in [5.74, 6) is 0.713. The predicted octanol–water partition coefficient (Wildman–Crippen LogP) is 1.47. The molecular weight excluding hydrogens is 200 g/mol. The van der Waals surface area contributed by atoms with Crippen molar-refractivity contribution >= 4 is 0 Å². The normalized spacial score (nSPS) is 21.6. The summed E-state index contributed by atoms with van der Waals surface area (Å²) in [7, 11) is 0. The molecule has 0 saturated carbocycles. The van der Waals surface area contributed by atoms with E-state index in [4.69, 9.17) is 0 Å². The van der Waals surface area contributed by atoms with E-state index in [-0.39, 0.29) is 6.10 Å². The van der Waals surface area contributed by atoms with Crippen LogP contribution in [0.1, 0.15) is 40.0 Å². The molecule has 1 aliphatic rings. The first kappa shape index (κ1) is 13.9. The third-order valence-electron chi connectivity index (χ3n) is 3.67. The molecule has 1 rings (SSSR count). The van der Waals surface area contributed by atoms with Crippen molar-refractivity contribution in [3.05, 3.63) is 0 Å². The third-order valence-corrected chi connectivity index (χ3v) is 3.67. The number of hydrogen-bond acceptors (Lipinski definition) is 3. The second kappa shape index (κ2) is 7.25. The molecule has 3 nitrogen and oxygen atoms in total. The van der Waals surface area contributed by atoms with Crippen LogP contribution < -0.4 is 5.32 Å². The van der Waals surface area contributed by atoms with Gasteiger partial charge < -0.3 is 15.3 Å². The van der Waals surface area contributed by atoms with Gasteiger partial charge in [-0.15, -0.1) is 0 Å². The molecule has 0 radical (unpaired) electrons. The lowest BCUT2D eigenvalue weighted by Crippen LogP contribution is -2.38. The minimum absolute atomic E-state index is 0.0460. The Bertz CT molecular complexity index is 177. The van der Waals surface area contributed by atoms with Gasteiger partial charge in [0.1, 0.15) is 0 Å². The topological polar surface area (TPSA) is 35.5 Å². The molecule has 2 N–H and O–H groups in total. The first-order valence-corrected chi connectivity index (χ1v) is 6.73. The van der Waals surface area contributed by atoms with Gasteiger partial charge in [-0.3, -0.25) is 0 Å². The molecule has 0 bridgehead atoms. The van der Waals surface area contributed by atoms with Gasteiger partial charge >= 0.3 is 0 Å². The van der Waals surface area contributed by atoms with Gasteiger partial charge in [0, 0.05) is 19.1 Å². The molecule has 0 aliphatic carbocycles. The van der Waals surface area contributed by atoms with Crippen LogP contribution in [0.3, 0.4) is 0 Å². The zero-order chi connectivity index (χ0) is 12.0. The fourth-order valence-corrected chi connectivity index (χ4v) is 2.01. The fourth-order valence-electron chi connectivity index (χ4n) is 2.01. The molecule has 0 aromatic rings. The van der Waals surface area contributed by atoms with E-state index in [1.807, 2.05) is 0 Å². The van der Waals surface area contributed by atoms with E-state index >= 15 is 0 Å². The zero-order valence-electron chi connectivity index (χ0n) is 11.1. The molecule has 3 heteroatoms. The van der Waals surface area contributed by atoms with Crippen LogP contribution in [-0.4, -0.2) is 48.3 Å². The smallest absolute Gasteiger partial charge is 0.0564 e. The van der Waals surface area contributed by atoms with E-state index in [0.717, 1.165) is 32.5 Å². The Morgan fingerprint density at radius 1 is 1.25 bits per heavy atom. The molecule has 0 amide bonds. The summed E-state index contributed by atoms with van der Waals surface area (Å²) in [6.07, 6.45) is 3.08. The second-order valence-electron chi connectivity index (χ2n) is 5.41. The van der Waals surface area contributed by atoms with Crippen molar-refractivity contribution in [1.82, 2.24) is 10.2 Å². The summed E-state index contributed by atoms with van der Waals surface area (Å²) in [6, 6.07) is 0.614. The lowest BCUT2D eigenvalue weighted by atomic mass is 10.1. The monoisotopic (exact) mass is 228 g/mol. The highest BCUT2D eigenvalue weighted by molar-refractivity contribution is 4.71. The van der Waals surface area contributed by atoms with Crippen molar-refractivity contribution in [1.29, 1.82) is 0 Å². The standard InChI is InChI=1S/C13H28N2O/c1-11(2)12(3)14-7-4-8-15-9-5-13(16)6-10-15/h11-14,16H,4-10H2,1-3H3. The van der Waals surface area contributed by atoms with E-state index < -0.39 is 0 Å². The Balaban J connectivity index is 1.99. The number of piperidine rings is 1. The van der Waals surface area contributed by atoms with Crippen LogP contribution in [0.15, 0.2) is 0 Å². The number of rotatable bonds is 6. The Kier molecular flexibility index (Phi) is 6.32. The highest BCUT2D eigenvalue weighted by atomic mass is 16.3. The number of nitrogens with zero attached hydrogens (tertiary/aromatic N) is 1. The number of nitrogens with one attached hydrogen (secondary N) is 1. The minimum Gasteiger partial charge on any atom is -0.393 e. The van der Waals surface area contributed by atoms with Crippen LogP contribution in [0.2, 0.25) is 0 Å². The molecular formula is C13H28N2O. The maximum absolute atomic E-state index is 9.39. The van der Waals surface area contributed by atoms with Crippen LogP contribution >= 0.6 is 0 Å². The van der Waals surface area contributed by atoms with Crippen LogP contribution in [0.25, 0.3) is 0 Å². The molecule has 0 aromatic heterocycles. The number of likely N-dealkylation sites (tertiary alicyclic amines) is 1. The van der Waals surface area contributed by atoms with Crippen molar-refractivity contribution in [2.75, 3.05) is 26.2 Å². The molecule has 1 fully saturated rings. The van der Waals surface area contributed by atoms with Gasteiger partial charge in [0.2, 0.25) is 0 Å². The molecule has 96 valence electrons. The number of hydrogen-bond donors (Lipinski definition) is 2. The largest absolute Gasteiger partial charge is 0.393 e. The summed E-state index contributed by atoms with van der Waals surface area (Å²) in [5.41, 5.74) is 0. The minimum atomic E-state index is -0.0460. The van der Waals surface area contributed by atoms with Crippen molar-refractivity contribution < 1.29 is 5.11 Å². The molecule has 1 unspecified atom stereocenters. The van der Waals surface area contributed by atoms with E-state index in [0.29, 0.717) is 12.0 Å². The van der Waals surface area contributed by atoms with Gasteiger partial charge in [-0.2, -0.15) is 0 Å². The van der Waals surface area contributed by atoms with Crippen molar-refractivity contribution in [3.8, 4) is 0 Å². The fraction of sp³-hybridized carbons (Fsp3) is 1.00. The summed E-state index contributed by atoms with van der Waals surface area (Å²) in [6.45, 7) is 11.2. The third kappa shape index (κ3) is 5.28. The van der Waals surface area contributed by atoms with E-state index in [2.05, 4.69) is 31.0 Å². The van der Waals surface area contributed by atoms with Gasteiger partial charge in [0.15, 0.2) is 0 Å². The SMILES string of the molecule is CC(C)C(C)NCCCN1CCC(O)CC1. The quantitative estimate of drug-likeness (QED) is 0.676. The van der Waals surface area contributed by atoms with E-state index in [1.54, 1.807) is 0 Å². The summed E-state index contributed by atoms with van der Waals surface area (Å²) >= 11 is 0. The van der Waals surface area contributed by atoms with E-state index in [9.17, 15) is 5.11 Å². The lowest BCUT2D eigenvalue weighted by molar-refractivity contribution is 0.0820. The maximum Gasteiger partial charge on any atom is 0.0564 e. The second-order valence-corrected chi connectivity index (χ2v) is 5.41. The summed E-state index contributed by atoms with van der Waals surface area (Å²) in [4.78, 5) is 2.47. The molecule has 0 aromatic carbocycles. The first-order valence-electron chi connectivity index (χ1n) is 6.73. The molecule has 0 spiro atoms. The van der Waals surface area contributed by atoms with Crippen molar-refractivity contribution in [2.45, 2.75) is 52.2 Å². The zero-order valence-corrected chi connectivity index (χ0v) is 11.1. The Morgan fingerprint density at radius 3 is 2.44 bits per heavy atom. The molecule has 1 saturated heterocycles. The van der Waals surface area contributed by atoms with E-state index in [1.165, 1.54) is 13.0 Å².